The molecule has 0 unspecified atom stereocenters. The summed E-state index contributed by atoms with van der Waals surface area (Å²) in [5.74, 6) is -1.77. The Bertz CT molecular complexity index is 362. The number of alkyl halides is 1. The molecule has 0 spiro atoms. The number of aliphatic hydroxyl groups excluding tert-OH is 1. The van der Waals surface area contributed by atoms with Crippen LogP contribution in [-0.4, -0.2) is 16.7 Å². The molecule has 0 aromatic heterocycles. The lowest BCUT2D eigenvalue weighted by Crippen LogP contribution is -2.42. The fraction of sp³-hybridized carbons (Fsp3) is 0.300. The van der Waals surface area contributed by atoms with Crippen molar-refractivity contribution in [2.75, 3.05) is 0 Å². The molecular formula is C10H11F2NO2. The Morgan fingerprint density at radius 2 is 1.93 bits per heavy atom. The maximum atomic E-state index is 13.6. The zero-order valence-electron chi connectivity index (χ0n) is 8.08. The number of benzene rings is 1. The number of hydrogen-bond acceptors (Lipinski definition) is 2. The second kappa shape index (κ2) is 3.94. The molecule has 82 valence electrons. The summed E-state index contributed by atoms with van der Waals surface area (Å²) in [5, 5.41) is 9.51. The monoisotopic (exact) mass is 215 g/mol. The van der Waals surface area contributed by atoms with Crippen LogP contribution in [0.25, 0.3) is 0 Å². The van der Waals surface area contributed by atoms with Gasteiger partial charge in [-0.2, -0.15) is 0 Å². The van der Waals surface area contributed by atoms with Crippen molar-refractivity contribution in [3.05, 3.63) is 35.6 Å². The van der Waals surface area contributed by atoms with Gasteiger partial charge < -0.3 is 10.8 Å². The molecule has 0 aliphatic heterocycles. The maximum Gasteiger partial charge on any atom is 0.257 e. The number of carbonyl (C=O) groups excluding carboxylic acids is 1. The van der Waals surface area contributed by atoms with Gasteiger partial charge in [-0.15, -0.1) is 0 Å². The molecule has 0 aliphatic rings. The van der Waals surface area contributed by atoms with E-state index >= 15 is 0 Å². The predicted octanol–water partition coefficient (Wildman–Crippen LogP) is 1.07. The van der Waals surface area contributed by atoms with Crippen molar-refractivity contribution in [1.29, 1.82) is 0 Å². The average molecular weight is 215 g/mol. The molecule has 1 aromatic rings. The minimum atomic E-state index is -2.57. The first-order valence-electron chi connectivity index (χ1n) is 4.28. The summed E-state index contributed by atoms with van der Waals surface area (Å²) in [5.41, 5.74) is 2.32. The summed E-state index contributed by atoms with van der Waals surface area (Å²) >= 11 is 0. The van der Waals surface area contributed by atoms with E-state index in [1.165, 1.54) is 12.1 Å². The Morgan fingerprint density at radius 1 is 1.47 bits per heavy atom. The molecule has 0 radical (unpaired) electrons. The van der Waals surface area contributed by atoms with Crippen LogP contribution in [0.2, 0.25) is 0 Å². The van der Waals surface area contributed by atoms with E-state index in [0.29, 0.717) is 0 Å². The van der Waals surface area contributed by atoms with Gasteiger partial charge in [0.15, 0.2) is 0 Å². The number of halogens is 2. The smallest absolute Gasteiger partial charge is 0.257 e. The molecule has 0 heterocycles. The van der Waals surface area contributed by atoms with Gasteiger partial charge in [0.05, 0.1) is 0 Å². The number of nitrogens with two attached hydrogens (primary N) is 1. The van der Waals surface area contributed by atoms with E-state index in [0.717, 1.165) is 19.1 Å². The summed E-state index contributed by atoms with van der Waals surface area (Å²) < 4.78 is 26.1. The molecule has 0 saturated heterocycles. The van der Waals surface area contributed by atoms with Gasteiger partial charge in [-0.25, -0.2) is 8.78 Å². The molecule has 1 aromatic carbocycles. The van der Waals surface area contributed by atoms with Crippen LogP contribution < -0.4 is 5.73 Å². The van der Waals surface area contributed by atoms with E-state index < -0.39 is 23.5 Å². The third-order valence-electron chi connectivity index (χ3n) is 2.18. The van der Waals surface area contributed by atoms with Gasteiger partial charge in [0.25, 0.3) is 5.91 Å². The lowest BCUT2D eigenvalue weighted by atomic mass is 9.94. The highest BCUT2D eigenvalue weighted by Gasteiger charge is 2.40. The molecule has 0 saturated carbocycles. The molecule has 0 aliphatic carbocycles. The summed E-state index contributed by atoms with van der Waals surface area (Å²) in [7, 11) is 0. The van der Waals surface area contributed by atoms with Gasteiger partial charge in [-0.05, 0) is 24.6 Å². The zero-order valence-corrected chi connectivity index (χ0v) is 8.08. The molecule has 1 amide bonds. The molecule has 1 rings (SSSR count). The standard InChI is InChI=1S/C10H11F2NO2/c1-10(12,9(13)15)8(14)6-2-4-7(11)5-3-6/h2-5,8,14H,1H3,(H2,13,15)/t8-,10-/m0/s1. The summed E-state index contributed by atoms with van der Waals surface area (Å²) in [4.78, 5) is 10.7. The molecule has 3 N–H and O–H groups in total. The van der Waals surface area contributed by atoms with Crippen LogP contribution >= 0.6 is 0 Å². The largest absolute Gasteiger partial charge is 0.384 e. The molecule has 0 fully saturated rings. The van der Waals surface area contributed by atoms with Gasteiger partial charge >= 0.3 is 0 Å². The van der Waals surface area contributed by atoms with E-state index in [9.17, 15) is 18.7 Å². The minimum Gasteiger partial charge on any atom is -0.384 e. The van der Waals surface area contributed by atoms with Crippen molar-refractivity contribution in [3.8, 4) is 0 Å². The van der Waals surface area contributed by atoms with Crippen LogP contribution in [0.4, 0.5) is 8.78 Å². The highest BCUT2D eigenvalue weighted by Crippen LogP contribution is 2.29. The van der Waals surface area contributed by atoms with Crippen molar-refractivity contribution in [2.45, 2.75) is 18.7 Å². The number of aliphatic hydroxyl groups is 1. The molecule has 5 heteroatoms. The van der Waals surface area contributed by atoms with Gasteiger partial charge in [0, 0.05) is 0 Å². The minimum absolute atomic E-state index is 0.0974. The topological polar surface area (TPSA) is 63.3 Å². The number of carbonyl (C=O) groups is 1. The van der Waals surface area contributed by atoms with Gasteiger partial charge in [-0.3, -0.25) is 4.79 Å². The lowest BCUT2D eigenvalue weighted by molar-refractivity contribution is -0.136. The highest BCUT2D eigenvalue weighted by atomic mass is 19.1. The molecular weight excluding hydrogens is 204 g/mol. The van der Waals surface area contributed by atoms with E-state index in [2.05, 4.69) is 0 Å². The Kier molecular flexibility index (Phi) is 3.04. The van der Waals surface area contributed by atoms with Crippen LogP contribution in [0.5, 0.6) is 0 Å². The molecule has 15 heavy (non-hydrogen) atoms. The Hall–Kier alpha value is -1.49. The van der Waals surface area contributed by atoms with E-state index in [-0.39, 0.29) is 5.56 Å². The first-order valence-corrected chi connectivity index (χ1v) is 4.28. The molecule has 3 nitrogen and oxygen atoms in total. The van der Waals surface area contributed by atoms with Crippen LogP contribution in [0.3, 0.4) is 0 Å². The third-order valence-corrected chi connectivity index (χ3v) is 2.18. The van der Waals surface area contributed by atoms with Crippen molar-refractivity contribution < 1.29 is 18.7 Å². The first kappa shape index (κ1) is 11.6. The van der Waals surface area contributed by atoms with E-state index in [4.69, 9.17) is 5.73 Å². The number of hydrogen-bond donors (Lipinski definition) is 2. The van der Waals surface area contributed by atoms with Gasteiger partial charge in [0.2, 0.25) is 5.67 Å². The van der Waals surface area contributed by atoms with Crippen LogP contribution in [-0.2, 0) is 4.79 Å². The van der Waals surface area contributed by atoms with E-state index in [1.807, 2.05) is 0 Å². The van der Waals surface area contributed by atoms with Crippen molar-refractivity contribution in [2.24, 2.45) is 5.73 Å². The lowest BCUT2D eigenvalue weighted by Gasteiger charge is -2.23. The van der Waals surface area contributed by atoms with Gasteiger partial charge in [-0.1, -0.05) is 12.1 Å². The fourth-order valence-corrected chi connectivity index (χ4v) is 1.09. The second-order valence-electron chi connectivity index (χ2n) is 3.39. The number of amides is 1. The van der Waals surface area contributed by atoms with Gasteiger partial charge in [0.1, 0.15) is 11.9 Å². The second-order valence-corrected chi connectivity index (χ2v) is 3.39. The first-order chi connectivity index (χ1) is 6.85. The number of rotatable bonds is 3. The SMILES string of the molecule is C[C@@](F)(C(N)=O)[C@@H](O)c1ccc(F)cc1. The highest BCUT2D eigenvalue weighted by molar-refractivity contribution is 5.83. The molecule has 2 atom stereocenters. The van der Waals surface area contributed by atoms with Crippen molar-refractivity contribution >= 4 is 5.91 Å². The van der Waals surface area contributed by atoms with Crippen molar-refractivity contribution in [1.82, 2.24) is 0 Å². The van der Waals surface area contributed by atoms with Crippen LogP contribution in [0.1, 0.15) is 18.6 Å². The Balaban J connectivity index is 2.99. The van der Waals surface area contributed by atoms with Crippen LogP contribution in [0, 0.1) is 5.82 Å². The van der Waals surface area contributed by atoms with E-state index in [1.54, 1.807) is 0 Å². The maximum absolute atomic E-state index is 13.6. The fourth-order valence-electron chi connectivity index (χ4n) is 1.09. The molecule has 0 bridgehead atoms. The number of primary amides is 1. The average Bonchev–Trinajstić information content (AvgIpc) is 2.17. The normalized spacial score (nSPS) is 16.8. The summed E-state index contributed by atoms with van der Waals surface area (Å²) in [6.45, 7) is 0.878. The zero-order chi connectivity index (χ0) is 11.6. The Morgan fingerprint density at radius 3 is 2.33 bits per heavy atom. The summed E-state index contributed by atoms with van der Waals surface area (Å²) in [6, 6.07) is 4.52. The van der Waals surface area contributed by atoms with Crippen LogP contribution in [0.15, 0.2) is 24.3 Å². The summed E-state index contributed by atoms with van der Waals surface area (Å²) in [6.07, 6.45) is -1.70. The quantitative estimate of drug-likeness (QED) is 0.792. The predicted molar refractivity (Wildman–Crippen MR) is 50.1 cm³/mol. The third kappa shape index (κ3) is 2.30. The Labute approximate surface area is 85.5 Å². The van der Waals surface area contributed by atoms with Crippen molar-refractivity contribution in [3.63, 3.8) is 0 Å².